The Kier molecular flexibility index (Phi) is 13.7. The van der Waals surface area contributed by atoms with Gasteiger partial charge in [-0.2, -0.15) is 0 Å². The van der Waals surface area contributed by atoms with Crippen molar-refractivity contribution >= 4 is 35.4 Å². The molecule has 2 aliphatic rings. The fraction of sp³-hybridized carbons (Fsp3) is 0.739. The van der Waals surface area contributed by atoms with Gasteiger partial charge in [0.05, 0.1) is 18.7 Å². The van der Waals surface area contributed by atoms with E-state index in [2.05, 4.69) is 19.8 Å². The third-order valence-electron chi connectivity index (χ3n) is 7.31. The van der Waals surface area contributed by atoms with E-state index in [9.17, 15) is 42.7 Å². The lowest BCUT2D eigenvalue weighted by molar-refractivity contribution is 0.129. The number of azide groups is 1. The van der Waals surface area contributed by atoms with Crippen LogP contribution in [0.2, 0.25) is 0 Å². The Morgan fingerprint density at radius 3 is 1.58 bits per heavy atom. The van der Waals surface area contributed by atoms with Crippen LogP contribution >= 0.6 is 29.7 Å². The molecule has 2 aliphatic heterocycles. The van der Waals surface area contributed by atoms with Crippen LogP contribution in [-0.2, 0) is 24.4 Å². The minimum absolute atomic E-state index is 0.194. The van der Waals surface area contributed by atoms with E-state index in [1.807, 2.05) is 4.90 Å². The summed E-state index contributed by atoms with van der Waals surface area (Å²) in [6.45, 7) is 6.10. The molecule has 0 spiro atoms. The predicted molar refractivity (Wildman–Crippen MR) is 165 cm³/mol. The molecule has 0 radical (unpaired) electrons. The molecule has 1 aromatic carbocycles. The van der Waals surface area contributed by atoms with Gasteiger partial charge < -0.3 is 34.3 Å². The molecule has 0 aromatic heterocycles. The van der Waals surface area contributed by atoms with Crippen molar-refractivity contribution in [1.82, 2.24) is 19.6 Å². The first-order valence-corrected chi connectivity index (χ1v) is 21.9. The minimum Gasteiger partial charge on any atom is -0.344 e. The maximum atomic E-state index is 13.2. The zero-order chi connectivity index (χ0) is 31.7. The largest absolute Gasteiger partial charge is 0.344 e. The first-order valence-electron chi connectivity index (χ1n) is 14.0. The van der Waals surface area contributed by atoms with Crippen LogP contribution in [0.3, 0.4) is 0 Å². The SMILES string of the molecule is [N-]=[N+]=Nc1ccc(CP(=O)(O)CP(=O)(O)CN2CCCN3CCN(CCCN(CP(=O)(O)CP(=O)(O)O)CC3)CC2)cc1. The van der Waals surface area contributed by atoms with Gasteiger partial charge >= 0.3 is 7.60 Å². The molecular formula is C23H43N7O9P4. The highest BCUT2D eigenvalue weighted by Crippen LogP contribution is 2.59. The van der Waals surface area contributed by atoms with Crippen LogP contribution in [0, 0.1) is 0 Å². The van der Waals surface area contributed by atoms with E-state index in [0.29, 0.717) is 76.5 Å². The Morgan fingerprint density at radius 1 is 0.651 bits per heavy atom. The fourth-order valence-corrected chi connectivity index (χ4v) is 14.2. The Bertz CT molecular complexity index is 1310. The van der Waals surface area contributed by atoms with Crippen molar-refractivity contribution < 1.29 is 42.7 Å². The Labute approximate surface area is 251 Å². The van der Waals surface area contributed by atoms with Gasteiger partial charge in [0.2, 0.25) is 22.1 Å². The Balaban J connectivity index is 1.58. The van der Waals surface area contributed by atoms with E-state index in [4.69, 9.17) is 5.53 Å². The van der Waals surface area contributed by atoms with E-state index in [-0.39, 0.29) is 18.7 Å². The van der Waals surface area contributed by atoms with Gasteiger partial charge in [-0.15, -0.1) is 0 Å². The van der Waals surface area contributed by atoms with Crippen LogP contribution in [0.15, 0.2) is 29.4 Å². The minimum atomic E-state index is -4.62. The van der Waals surface area contributed by atoms with Crippen molar-refractivity contribution in [3.63, 3.8) is 0 Å². The van der Waals surface area contributed by atoms with Crippen molar-refractivity contribution in [2.45, 2.75) is 19.0 Å². The molecule has 0 saturated carbocycles. The van der Waals surface area contributed by atoms with Gasteiger partial charge in [0.1, 0.15) is 11.8 Å². The molecule has 1 aromatic rings. The first-order chi connectivity index (χ1) is 20.0. The van der Waals surface area contributed by atoms with Crippen LogP contribution < -0.4 is 0 Å². The molecule has 0 aliphatic carbocycles. The highest BCUT2D eigenvalue weighted by atomic mass is 31.2. The van der Waals surface area contributed by atoms with Crippen molar-refractivity contribution in [2.24, 2.45) is 5.11 Å². The van der Waals surface area contributed by atoms with E-state index < -0.39 is 41.5 Å². The number of benzene rings is 1. The maximum absolute atomic E-state index is 13.2. The third-order valence-corrected chi connectivity index (χ3v) is 16.6. The van der Waals surface area contributed by atoms with E-state index in [1.165, 1.54) is 12.1 Å². The number of fused-ring (bicyclic) bond motifs is 3. The molecule has 16 nitrogen and oxygen atoms in total. The highest BCUT2D eigenvalue weighted by Gasteiger charge is 2.34. The summed E-state index contributed by atoms with van der Waals surface area (Å²) in [5.41, 5.74) is 9.38. The average Bonchev–Trinajstić information content (AvgIpc) is 2.86. The summed E-state index contributed by atoms with van der Waals surface area (Å²) in [6.07, 6.45) is 0.622. The molecule has 2 fully saturated rings. The standard InChI is InChI=1S/C23H43N7O9P4/c24-26-25-23-5-3-22(4-6-23)17-40(31,32)20-41(33,34)18-29-9-1-7-28-12-11-27(13-15-29)8-2-10-30(16-14-28)19-42(35,36)21-43(37,38)39/h3-6H,1-2,7-21H2,(H,31,32)(H,33,34)(H,35,36)(H2,37,38,39). The molecule has 0 amide bonds. The summed E-state index contributed by atoms with van der Waals surface area (Å²) < 4.78 is 50.0. The van der Waals surface area contributed by atoms with E-state index in [0.717, 1.165) is 13.1 Å². The monoisotopic (exact) mass is 685 g/mol. The van der Waals surface area contributed by atoms with Crippen molar-refractivity contribution in [1.29, 1.82) is 0 Å². The summed E-state index contributed by atoms with van der Waals surface area (Å²) in [4.78, 5) is 60.7. The lowest BCUT2D eigenvalue weighted by atomic mass is 10.2. The zero-order valence-corrected chi connectivity index (χ0v) is 27.7. The third kappa shape index (κ3) is 14.4. The molecule has 2 saturated heterocycles. The number of nitrogens with zero attached hydrogens (tertiary/aromatic N) is 7. The first kappa shape index (κ1) is 36.6. The topological polar surface area (TPSA) is 231 Å². The smallest absolute Gasteiger partial charge is 0.335 e. The Morgan fingerprint density at radius 2 is 1.12 bits per heavy atom. The normalized spacial score (nSPS) is 25.9. The highest BCUT2D eigenvalue weighted by molar-refractivity contribution is 7.74. The second-order valence-corrected chi connectivity index (χ2v) is 21.0. The van der Waals surface area contributed by atoms with Crippen LogP contribution in [0.5, 0.6) is 0 Å². The second kappa shape index (κ2) is 16.1. The lowest BCUT2D eigenvalue weighted by Crippen LogP contribution is -2.47. The van der Waals surface area contributed by atoms with Crippen LogP contribution in [0.25, 0.3) is 10.4 Å². The zero-order valence-electron chi connectivity index (χ0n) is 24.1. The second-order valence-electron chi connectivity index (χ2n) is 11.4. The molecule has 5 N–H and O–H groups in total. The number of hydrogen-bond acceptors (Lipinski definition) is 9. The molecule has 5 atom stereocenters. The Hall–Kier alpha value is -0.910. The molecule has 2 heterocycles. The quantitative estimate of drug-likeness (QED) is 0.0977. The molecule has 43 heavy (non-hydrogen) atoms. The molecule has 3 rings (SSSR count). The summed E-state index contributed by atoms with van der Waals surface area (Å²) in [5.74, 6) is -1.73. The van der Waals surface area contributed by atoms with Crippen molar-refractivity contribution in [3.05, 3.63) is 40.3 Å². The molecule has 2 bridgehead atoms. The van der Waals surface area contributed by atoms with Gasteiger partial charge in [-0.05, 0) is 50.1 Å². The van der Waals surface area contributed by atoms with E-state index in [1.54, 1.807) is 17.0 Å². The summed E-state index contributed by atoms with van der Waals surface area (Å²) in [5, 5.41) is 3.46. The van der Waals surface area contributed by atoms with Crippen LogP contribution in [0.1, 0.15) is 18.4 Å². The van der Waals surface area contributed by atoms with Crippen LogP contribution in [0.4, 0.5) is 5.69 Å². The molecular weight excluding hydrogens is 642 g/mol. The van der Waals surface area contributed by atoms with E-state index >= 15 is 0 Å². The predicted octanol–water partition coefficient (Wildman–Crippen LogP) is 2.96. The molecule has 244 valence electrons. The van der Waals surface area contributed by atoms with Gasteiger partial charge in [-0.3, -0.25) is 28.1 Å². The maximum Gasteiger partial charge on any atom is 0.335 e. The lowest BCUT2D eigenvalue weighted by Gasteiger charge is -2.36. The van der Waals surface area contributed by atoms with Crippen molar-refractivity contribution in [3.8, 4) is 0 Å². The number of rotatable bonds is 11. The summed E-state index contributed by atoms with van der Waals surface area (Å²) in [7, 11) is -16.6. The fourth-order valence-electron chi connectivity index (χ4n) is 5.46. The van der Waals surface area contributed by atoms with Gasteiger partial charge in [0.25, 0.3) is 0 Å². The molecule has 20 heteroatoms. The summed E-state index contributed by atoms with van der Waals surface area (Å²) in [6, 6.07) is 6.14. The van der Waals surface area contributed by atoms with Gasteiger partial charge in [-0.1, -0.05) is 29.4 Å². The van der Waals surface area contributed by atoms with Gasteiger partial charge in [0, 0.05) is 49.9 Å². The van der Waals surface area contributed by atoms with Crippen LogP contribution in [-0.4, -0.2) is 134 Å². The molecule has 5 unspecified atom stereocenters. The van der Waals surface area contributed by atoms with Gasteiger partial charge in [0.15, 0.2) is 0 Å². The number of hydrogen-bond donors (Lipinski definition) is 5. The van der Waals surface area contributed by atoms with Crippen molar-refractivity contribution in [2.75, 3.05) is 89.8 Å². The van der Waals surface area contributed by atoms with Gasteiger partial charge in [-0.25, -0.2) is 0 Å². The average molecular weight is 686 g/mol. The summed E-state index contributed by atoms with van der Waals surface area (Å²) >= 11 is 0.